The van der Waals surface area contributed by atoms with Crippen molar-refractivity contribution in [3.8, 4) is 0 Å². The van der Waals surface area contributed by atoms with E-state index in [1.54, 1.807) is 54.6 Å². The van der Waals surface area contributed by atoms with Crippen molar-refractivity contribution >= 4 is 22.8 Å². The third-order valence-corrected chi connectivity index (χ3v) is 4.44. The van der Waals surface area contributed by atoms with Crippen molar-refractivity contribution in [2.24, 2.45) is 0 Å². The van der Waals surface area contributed by atoms with Gasteiger partial charge in [-0.1, -0.05) is 42.5 Å². The molecule has 2 N–H and O–H groups in total. The summed E-state index contributed by atoms with van der Waals surface area (Å²) in [5.41, 5.74) is -0.309. The van der Waals surface area contributed by atoms with Gasteiger partial charge < -0.3 is 20.2 Å². The third kappa shape index (κ3) is 3.85. The van der Waals surface area contributed by atoms with Gasteiger partial charge in [-0.3, -0.25) is 9.59 Å². The molecule has 2 aromatic carbocycles. The van der Waals surface area contributed by atoms with Gasteiger partial charge in [0, 0.05) is 6.42 Å². The smallest absolute Gasteiger partial charge is 0.329 e. The van der Waals surface area contributed by atoms with Gasteiger partial charge in [0.1, 0.15) is 6.04 Å². The highest BCUT2D eigenvalue weighted by atomic mass is 16.4. The van der Waals surface area contributed by atoms with E-state index in [-0.39, 0.29) is 11.8 Å². The summed E-state index contributed by atoms with van der Waals surface area (Å²) in [6, 6.07) is 12.8. The highest BCUT2D eigenvalue weighted by Gasteiger charge is 2.26. The van der Waals surface area contributed by atoms with Gasteiger partial charge in [-0.05, 0) is 24.6 Å². The number of aromatic amines is 1. The number of carbonyl (C=O) groups excluding carboxylic acids is 2. The van der Waals surface area contributed by atoms with Crippen LogP contribution >= 0.6 is 0 Å². The molecule has 0 radical (unpaired) electrons. The first-order chi connectivity index (χ1) is 13.4. The largest absolute Gasteiger partial charge is 0.548 e. The van der Waals surface area contributed by atoms with Crippen molar-refractivity contribution < 1.29 is 14.7 Å². The molecule has 0 aliphatic carbocycles. The molecule has 0 aliphatic rings. The molecule has 28 heavy (non-hydrogen) atoms. The number of benzene rings is 2. The number of fused-ring (bicyclic) bond motifs is 1. The Bertz CT molecular complexity index is 1130. The van der Waals surface area contributed by atoms with E-state index in [0.29, 0.717) is 11.1 Å². The lowest BCUT2D eigenvalue weighted by Gasteiger charge is -2.22. The Kier molecular flexibility index (Phi) is 5.39. The Hall–Kier alpha value is -3.68. The Balaban J connectivity index is 2.12. The second-order valence-electron chi connectivity index (χ2n) is 6.41. The molecular weight excluding hydrogens is 362 g/mol. The molecule has 1 amide bonds. The topological polar surface area (TPSA) is 124 Å². The van der Waals surface area contributed by atoms with E-state index in [4.69, 9.17) is 0 Å². The van der Waals surface area contributed by atoms with Gasteiger partial charge in [-0.15, -0.1) is 0 Å². The van der Waals surface area contributed by atoms with E-state index in [2.05, 4.69) is 10.3 Å². The van der Waals surface area contributed by atoms with Crippen LogP contribution in [0.15, 0.2) is 64.2 Å². The lowest BCUT2D eigenvalue weighted by Crippen LogP contribution is -2.51. The minimum absolute atomic E-state index is 0.0355. The van der Waals surface area contributed by atoms with Crippen LogP contribution < -0.4 is 21.7 Å². The first-order valence-electron chi connectivity index (χ1n) is 8.67. The van der Waals surface area contributed by atoms with Crippen LogP contribution in [-0.4, -0.2) is 27.5 Å². The number of aromatic nitrogens is 2. The number of carbonyl (C=O) groups is 2. The van der Waals surface area contributed by atoms with Crippen molar-refractivity contribution in [1.29, 1.82) is 0 Å². The van der Waals surface area contributed by atoms with Crippen LogP contribution in [0.2, 0.25) is 0 Å². The fourth-order valence-electron chi connectivity index (χ4n) is 2.97. The van der Waals surface area contributed by atoms with Crippen LogP contribution in [0.25, 0.3) is 10.9 Å². The van der Waals surface area contributed by atoms with Crippen molar-refractivity contribution in [3.05, 3.63) is 81.0 Å². The van der Waals surface area contributed by atoms with E-state index in [1.807, 2.05) is 0 Å². The van der Waals surface area contributed by atoms with Crippen LogP contribution in [0.3, 0.4) is 0 Å². The van der Waals surface area contributed by atoms with Crippen molar-refractivity contribution in [2.75, 3.05) is 0 Å². The molecule has 0 aliphatic heterocycles. The Morgan fingerprint density at radius 1 is 1.07 bits per heavy atom. The Labute approximate surface area is 159 Å². The molecule has 2 atom stereocenters. The highest BCUT2D eigenvalue weighted by Crippen LogP contribution is 2.14. The molecule has 0 spiro atoms. The van der Waals surface area contributed by atoms with Gasteiger partial charge in [0.2, 0.25) is 5.91 Å². The predicted octanol–water partition coefficient (Wildman–Crippen LogP) is -0.272. The first-order valence-corrected chi connectivity index (χ1v) is 8.67. The van der Waals surface area contributed by atoms with Gasteiger partial charge in [-0.25, -0.2) is 9.36 Å². The summed E-state index contributed by atoms with van der Waals surface area (Å²) in [6.07, 6.45) is 0.0355. The number of aliphatic carboxylic acids is 1. The van der Waals surface area contributed by atoms with Gasteiger partial charge in [0.25, 0.3) is 5.56 Å². The van der Waals surface area contributed by atoms with E-state index in [9.17, 15) is 24.3 Å². The molecule has 0 saturated carbocycles. The zero-order chi connectivity index (χ0) is 20.3. The second-order valence-corrected chi connectivity index (χ2v) is 6.41. The fraction of sp³-hybridized carbons (Fsp3) is 0.200. The maximum atomic E-state index is 12.9. The molecule has 0 unspecified atom stereocenters. The summed E-state index contributed by atoms with van der Waals surface area (Å²) in [6.45, 7) is 1.25. The summed E-state index contributed by atoms with van der Waals surface area (Å²) in [4.78, 5) is 51.9. The van der Waals surface area contributed by atoms with Crippen molar-refractivity contribution in [1.82, 2.24) is 14.9 Å². The number of carboxylic acids is 1. The maximum Gasteiger partial charge on any atom is 0.329 e. The maximum absolute atomic E-state index is 12.9. The molecule has 1 heterocycles. The molecule has 0 fully saturated rings. The second kappa shape index (κ2) is 7.91. The number of carboxylic acid groups (broad SMARTS) is 1. The molecule has 0 bridgehead atoms. The normalized spacial score (nSPS) is 13.0. The van der Waals surface area contributed by atoms with E-state index >= 15 is 0 Å². The Morgan fingerprint density at radius 3 is 2.39 bits per heavy atom. The molecule has 144 valence electrons. The molecule has 8 nitrogen and oxygen atoms in total. The number of H-pyrrole nitrogens is 1. The average molecular weight is 380 g/mol. The van der Waals surface area contributed by atoms with Crippen LogP contribution in [-0.2, 0) is 16.0 Å². The van der Waals surface area contributed by atoms with E-state index in [1.165, 1.54) is 6.92 Å². The summed E-state index contributed by atoms with van der Waals surface area (Å²) in [7, 11) is 0. The molecule has 1 aromatic heterocycles. The summed E-state index contributed by atoms with van der Waals surface area (Å²) in [5.74, 6) is -2.23. The van der Waals surface area contributed by atoms with Crippen molar-refractivity contribution in [2.45, 2.75) is 25.4 Å². The monoisotopic (exact) mass is 380 g/mol. The zero-order valence-electron chi connectivity index (χ0n) is 15.0. The van der Waals surface area contributed by atoms with Gasteiger partial charge in [-0.2, -0.15) is 0 Å². The highest BCUT2D eigenvalue weighted by molar-refractivity contribution is 5.86. The van der Waals surface area contributed by atoms with E-state index in [0.717, 1.165) is 4.57 Å². The summed E-state index contributed by atoms with van der Waals surface area (Å²) < 4.78 is 0.826. The van der Waals surface area contributed by atoms with Crippen LogP contribution in [0.5, 0.6) is 0 Å². The quantitative estimate of drug-likeness (QED) is 0.609. The third-order valence-electron chi connectivity index (χ3n) is 4.44. The zero-order valence-corrected chi connectivity index (χ0v) is 15.0. The number of hydrogen-bond acceptors (Lipinski definition) is 5. The lowest BCUT2D eigenvalue weighted by atomic mass is 10.0. The van der Waals surface area contributed by atoms with E-state index < -0.39 is 35.2 Å². The molecule has 3 rings (SSSR count). The standard InChI is InChI=1S/C20H19N3O5/c1-12(19(26)27)21-17(24)16(11-13-7-3-2-4-8-13)23-18(25)14-9-5-6-10-15(14)22-20(23)28/h2-10,12,16H,11H2,1H3,(H,21,24)(H,22,28)(H,26,27)/p-1/t12-,16+/m0/s1. The minimum atomic E-state index is -1.47. The predicted molar refractivity (Wildman–Crippen MR) is 101 cm³/mol. The van der Waals surface area contributed by atoms with Crippen LogP contribution in [0, 0.1) is 0 Å². The molecule has 0 saturated heterocycles. The number of rotatable bonds is 6. The fourth-order valence-corrected chi connectivity index (χ4v) is 2.97. The SMILES string of the molecule is C[C@H](NC(=O)[C@@H](Cc1ccccc1)n1c(=O)[nH]c2ccccc2c1=O)C(=O)[O-]. The number of amides is 1. The van der Waals surface area contributed by atoms with Crippen molar-refractivity contribution in [3.63, 3.8) is 0 Å². The van der Waals surface area contributed by atoms with Gasteiger partial charge in [0.05, 0.1) is 22.9 Å². The lowest BCUT2D eigenvalue weighted by molar-refractivity contribution is -0.307. The Morgan fingerprint density at radius 2 is 1.71 bits per heavy atom. The first kappa shape index (κ1) is 19.1. The number of nitrogens with one attached hydrogen (secondary N) is 2. The summed E-state index contributed by atoms with van der Waals surface area (Å²) in [5, 5.41) is 13.5. The van der Waals surface area contributed by atoms with Crippen LogP contribution in [0.4, 0.5) is 0 Å². The number of nitrogens with zero attached hydrogens (tertiary/aromatic N) is 1. The van der Waals surface area contributed by atoms with Gasteiger partial charge >= 0.3 is 5.69 Å². The molecule has 8 heteroatoms. The van der Waals surface area contributed by atoms with Gasteiger partial charge in [0.15, 0.2) is 0 Å². The molecular formula is C20H18N3O5-. The summed E-state index contributed by atoms with van der Waals surface area (Å²) >= 11 is 0. The average Bonchev–Trinajstić information content (AvgIpc) is 2.67. The molecule has 3 aromatic rings. The van der Waals surface area contributed by atoms with Crippen LogP contribution in [0.1, 0.15) is 18.5 Å². The number of para-hydroxylation sites is 1. The minimum Gasteiger partial charge on any atom is -0.548 e. The number of hydrogen-bond donors (Lipinski definition) is 2.